The first-order chi connectivity index (χ1) is 20.7. The lowest BCUT2D eigenvalue weighted by molar-refractivity contribution is -0.142. The molecule has 0 radical (unpaired) electrons. The Balaban J connectivity index is 3.10. The molecule has 0 aliphatic heterocycles. The third-order valence-corrected chi connectivity index (χ3v) is 6.89. The molecule has 0 aliphatic carbocycles. The Kier molecular flexibility index (Phi) is 15.9. The van der Waals surface area contributed by atoms with Gasteiger partial charge in [0.05, 0.1) is 6.04 Å². The summed E-state index contributed by atoms with van der Waals surface area (Å²) >= 11 is 0. The van der Waals surface area contributed by atoms with Gasteiger partial charge in [-0.25, -0.2) is 4.79 Å². The number of carbonyl (C=O) groups is 6. The summed E-state index contributed by atoms with van der Waals surface area (Å²) in [5, 5.41) is 28.8. The summed E-state index contributed by atoms with van der Waals surface area (Å²) in [4.78, 5) is 76.2. The molecule has 0 spiro atoms. The second-order valence-electron chi connectivity index (χ2n) is 11.0. The maximum Gasteiger partial charge on any atom is 0.405 e. The average Bonchev–Trinajstić information content (AvgIpc) is 2.95. The number of rotatable bonds is 19. The SMILES string of the molecule is CC[C@H](C)C(NC(=O)[C@H](CC(C)C)NC(=O)[C@H](Cc1ccccc1)NC(=O)O)C(=O)C(=O)N[C@@H](CCCNC(=N)N)C(N)=O. The summed E-state index contributed by atoms with van der Waals surface area (Å²) in [7, 11) is 0. The predicted molar refractivity (Wildman–Crippen MR) is 163 cm³/mol. The summed E-state index contributed by atoms with van der Waals surface area (Å²) in [6.07, 6.45) is -0.423. The molecule has 1 unspecified atom stereocenters. The van der Waals surface area contributed by atoms with E-state index < -0.39 is 65.6 Å². The van der Waals surface area contributed by atoms with Crippen molar-refractivity contribution in [1.82, 2.24) is 26.6 Å². The van der Waals surface area contributed by atoms with E-state index in [4.69, 9.17) is 16.9 Å². The molecule has 5 atom stereocenters. The van der Waals surface area contributed by atoms with Gasteiger partial charge in [-0.1, -0.05) is 64.4 Å². The van der Waals surface area contributed by atoms with Crippen LogP contribution in [-0.4, -0.2) is 77.3 Å². The van der Waals surface area contributed by atoms with E-state index >= 15 is 0 Å². The van der Waals surface area contributed by atoms with Crippen LogP contribution in [0.15, 0.2) is 30.3 Å². The standard InChI is InChI=1S/C29H46N8O7/c1-5-17(4)22(23(38)27(42)34-19(24(30)39)12-9-13-33-28(31)32)37-26(41)20(14-16(2)3)35-25(40)21(36-29(43)44)15-18-10-7-6-8-11-18/h6-8,10-11,16-17,19-22,36H,5,9,12-15H2,1-4H3,(H2,30,39)(H,34,42)(H,35,40)(H,37,41)(H,43,44)(H4,31,32,33)/t17-,19-,20-,21-,22?/m0/s1. The number of carbonyl (C=O) groups excluding carboxylic acids is 5. The van der Waals surface area contributed by atoms with Crippen LogP contribution in [0.2, 0.25) is 0 Å². The number of Topliss-reactive ketones (excluding diaryl/α,β-unsaturated/α-hetero) is 1. The van der Waals surface area contributed by atoms with Gasteiger partial charge in [0.25, 0.3) is 5.91 Å². The van der Waals surface area contributed by atoms with Gasteiger partial charge >= 0.3 is 6.09 Å². The number of guanidine groups is 1. The highest BCUT2D eigenvalue weighted by atomic mass is 16.4. The maximum absolute atomic E-state index is 13.5. The molecule has 1 rings (SSSR count). The largest absolute Gasteiger partial charge is 0.465 e. The van der Waals surface area contributed by atoms with E-state index in [0.29, 0.717) is 18.4 Å². The van der Waals surface area contributed by atoms with Crippen molar-refractivity contribution in [3.63, 3.8) is 0 Å². The number of ketones is 1. The fourth-order valence-corrected chi connectivity index (χ4v) is 4.32. The third kappa shape index (κ3) is 13.5. The molecule has 244 valence electrons. The number of carboxylic acid groups (broad SMARTS) is 1. The molecule has 11 N–H and O–H groups in total. The number of benzene rings is 1. The summed E-state index contributed by atoms with van der Waals surface area (Å²) in [5.74, 6) is -5.28. The topological polar surface area (TPSA) is 259 Å². The normalized spacial score (nSPS) is 14.2. The van der Waals surface area contributed by atoms with Gasteiger partial charge in [0.15, 0.2) is 5.96 Å². The molecular formula is C29H46N8O7. The number of amides is 5. The molecule has 0 aromatic heterocycles. The molecule has 1 aromatic carbocycles. The van der Waals surface area contributed by atoms with Gasteiger partial charge < -0.3 is 43.2 Å². The highest BCUT2D eigenvalue weighted by molar-refractivity contribution is 6.38. The Bertz CT molecular complexity index is 1160. The van der Waals surface area contributed by atoms with Gasteiger partial charge in [0.2, 0.25) is 23.5 Å². The van der Waals surface area contributed by atoms with Crippen LogP contribution in [-0.2, 0) is 30.4 Å². The summed E-state index contributed by atoms with van der Waals surface area (Å²) < 4.78 is 0. The van der Waals surface area contributed by atoms with Crippen molar-refractivity contribution in [3.8, 4) is 0 Å². The van der Waals surface area contributed by atoms with Gasteiger partial charge in [-0.15, -0.1) is 0 Å². The Morgan fingerprint density at radius 1 is 0.864 bits per heavy atom. The molecule has 0 saturated heterocycles. The summed E-state index contributed by atoms with van der Waals surface area (Å²) in [5.41, 5.74) is 11.3. The third-order valence-electron chi connectivity index (χ3n) is 6.89. The first-order valence-electron chi connectivity index (χ1n) is 14.5. The van der Waals surface area contributed by atoms with Gasteiger partial charge in [-0.2, -0.15) is 0 Å². The van der Waals surface area contributed by atoms with Gasteiger partial charge in [0, 0.05) is 13.0 Å². The molecule has 0 saturated carbocycles. The van der Waals surface area contributed by atoms with E-state index in [1.54, 1.807) is 44.2 Å². The van der Waals surface area contributed by atoms with Gasteiger partial charge in [-0.05, 0) is 36.7 Å². The highest BCUT2D eigenvalue weighted by Gasteiger charge is 2.35. The first-order valence-corrected chi connectivity index (χ1v) is 14.5. The molecule has 0 fully saturated rings. The second-order valence-corrected chi connectivity index (χ2v) is 11.0. The lowest BCUT2D eigenvalue weighted by Gasteiger charge is -2.28. The van der Waals surface area contributed by atoms with Crippen LogP contribution < -0.4 is 38.1 Å². The Hall–Kier alpha value is -4.69. The maximum atomic E-state index is 13.5. The van der Waals surface area contributed by atoms with Crippen LogP contribution in [0.25, 0.3) is 0 Å². The number of nitrogens with one attached hydrogen (secondary N) is 6. The molecule has 15 nitrogen and oxygen atoms in total. The molecule has 0 aliphatic rings. The van der Waals surface area contributed by atoms with Crippen LogP contribution in [0.5, 0.6) is 0 Å². The molecule has 44 heavy (non-hydrogen) atoms. The first kappa shape index (κ1) is 37.3. The molecule has 0 bridgehead atoms. The molecule has 0 heterocycles. The van der Waals surface area contributed by atoms with Crippen LogP contribution >= 0.6 is 0 Å². The van der Waals surface area contributed by atoms with Gasteiger partial charge in [-0.3, -0.25) is 29.4 Å². The smallest absolute Gasteiger partial charge is 0.405 e. The molecule has 5 amide bonds. The van der Waals surface area contributed by atoms with Crippen molar-refractivity contribution < 1.29 is 33.9 Å². The average molecular weight is 619 g/mol. The van der Waals surface area contributed by atoms with E-state index in [2.05, 4.69) is 26.6 Å². The van der Waals surface area contributed by atoms with E-state index in [9.17, 15) is 33.9 Å². The Morgan fingerprint density at radius 3 is 2.00 bits per heavy atom. The van der Waals surface area contributed by atoms with Crippen molar-refractivity contribution in [3.05, 3.63) is 35.9 Å². The minimum atomic E-state index is -1.41. The lowest BCUT2D eigenvalue weighted by atomic mass is 9.93. The highest BCUT2D eigenvalue weighted by Crippen LogP contribution is 2.13. The zero-order valence-corrected chi connectivity index (χ0v) is 25.6. The molecular weight excluding hydrogens is 572 g/mol. The minimum Gasteiger partial charge on any atom is -0.465 e. The number of nitrogens with two attached hydrogens (primary N) is 2. The lowest BCUT2D eigenvalue weighted by Crippen LogP contribution is -2.59. The van der Waals surface area contributed by atoms with Crippen molar-refractivity contribution in [2.75, 3.05) is 6.54 Å². The summed E-state index contributed by atoms with van der Waals surface area (Å²) in [6, 6.07) is 3.94. The van der Waals surface area contributed by atoms with Crippen molar-refractivity contribution in [2.24, 2.45) is 23.3 Å². The van der Waals surface area contributed by atoms with Crippen LogP contribution in [0.1, 0.15) is 58.9 Å². The van der Waals surface area contributed by atoms with E-state index in [0.717, 1.165) is 0 Å². The number of hydrogen-bond donors (Lipinski definition) is 9. The van der Waals surface area contributed by atoms with E-state index in [-0.39, 0.29) is 37.7 Å². The van der Waals surface area contributed by atoms with E-state index in [1.165, 1.54) is 0 Å². The zero-order chi connectivity index (χ0) is 33.4. The molecule has 15 heteroatoms. The van der Waals surface area contributed by atoms with Crippen molar-refractivity contribution >= 4 is 41.5 Å². The quantitative estimate of drug-likeness (QED) is 0.0427. The van der Waals surface area contributed by atoms with Crippen molar-refractivity contribution in [2.45, 2.75) is 84.0 Å². The monoisotopic (exact) mass is 618 g/mol. The Labute approximate surface area is 257 Å². The summed E-state index contributed by atoms with van der Waals surface area (Å²) in [6.45, 7) is 7.32. The fourth-order valence-electron chi connectivity index (χ4n) is 4.32. The molecule has 1 aromatic rings. The van der Waals surface area contributed by atoms with Crippen LogP contribution in [0.4, 0.5) is 4.79 Å². The zero-order valence-electron chi connectivity index (χ0n) is 25.6. The van der Waals surface area contributed by atoms with Gasteiger partial charge in [0.1, 0.15) is 18.1 Å². The Morgan fingerprint density at radius 2 is 1.48 bits per heavy atom. The van der Waals surface area contributed by atoms with Crippen molar-refractivity contribution in [1.29, 1.82) is 5.41 Å². The number of hydrogen-bond acceptors (Lipinski definition) is 7. The second kappa shape index (κ2) is 18.8. The van der Waals surface area contributed by atoms with Crippen LogP contribution in [0.3, 0.4) is 0 Å². The minimum absolute atomic E-state index is 0.0367. The predicted octanol–water partition coefficient (Wildman–Crippen LogP) is -0.270. The number of primary amides is 1. The van der Waals surface area contributed by atoms with E-state index in [1.807, 2.05) is 13.8 Å². The fraction of sp³-hybridized carbons (Fsp3) is 0.552. The van der Waals surface area contributed by atoms with Crippen LogP contribution in [0, 0.1) is 17.2 Å².